The first kappa shape index (κ1) is 15.0. The van der Waals surface area contributed by atoms with E-state index in [9.17, 15) is 0 Å². The fourth-order valence-corrected chi connectivity index (χ4v) is 3.20. The third-order valence-corrected chi connectivity index (χ3v) is 4.67. The Hall–Kier alpha value is -2.54. The molecule has 3 aromatic rings. The number of halogens is 1. The number of hydrogen-bond donors (Lipinski definition) is 2. The molecule has 2 aromatic heterocycles. The molecule has 0 saturated heterocycles. The summed E-state index contributed by atoms with van der Waals surface area (Å²) in [4.78, 5) is 12.0. The molecular formula is C16H16ClN5O2. The number of nitrogens with one attached hydrogen (secondary N) is 1. The number of benzene rings is 1. The van der Waals surface area contributed by atoms with Gasteiger partial charge in [0, 0.05) is 24.1 Å². The van der Waals surface area contributed by atoms with Crippen molar-refractivity contribution in [3.8, 4) is 17.1 Å². The van der Waals surface area contributed by atoms with E-state index in [1.54, 1.807) is 25.6 Å². The second kappa shape index (κ2) is 5.83. The summed E-state index contributed by atoms with van der Waals surface area (Å²) in [5, 5.41) is 4.52. The van der Waals surface area contributed by atoms with E-state index >= 15 is 0 Å². The fourth-order valence-electron chi connectivity index (χ4n) is 3.03. The number of nitrogen functional groups attached to an aromatic ring is 1. The molecule has 0 amide bonds. The number of fused-ring (bicyclic) bond motifs is 1. The molecule has 3 N–H and O–H groups in total. The summed E-state index contributed by atoms with van der Waals surface area (Å²) in [6.45, 7) is 0. The van der Waals surface area contributed by atoms with Gasteiger partial charge >= 0.3 is 0 Å². The van der Waals surface area contributed by atoms with Crippen LogP contribution in [0.5, 0.6) is 5.75 Å². The van der Waals surface area contributed by atoms with Crippen molar-refractivity contribution >= 4 is 17.3 Å². The molecule has 1 aliphatic carbocycles. The number of imidazole rings is 1. The first-order valence-electron chi connectivity index (χ1n) is 7.64. The minimum Gasteiger partial charge on any atom is -0.496 e. The number of ether oxygens (including phenoxy) is 1. The largest absolute Gasteiger partial charge is 0.496 e. The minimum absolute atomic E-state index is 0.175. The number of aryl methyl sites for hydroxylation is 1. The number of aromatic nitrogens is 4. The van der Waals surface area contributed by atoms with Gasteiger partial charge in [-0.2, -0.15) is 4.98 Å². The van der Waals surface area contributed by atoms with Crippen molar-refractivity contribution in [2.75, 3.05) is 12.8 Å². The molecule has 24 heavy (non-hydrogen) atoms. The third kappa shape index (κ3) is 2.50. The van der Waals surface area contributed by atoms with Crippen molar-refractivity contribution in [3.05, 3.63) is 40.8 Å². The number of nitrogens with two attached hydrogens (primary N) is 1. The number of methoxy groups -OCH3 is 1. The summed E-state index contributed by atoms with van der Waals surface area (Å²) >= 11 is 6.11. The molecule has 2 heterocycles. The van der Waals surface area contributed by atoms with Crippen LogP contribution in [-0.2, 0) is 12.8 Å². The molecule has 0 aliphatic heterocycles. The predicted molar refractivity (Wildman–Crippen MR) is 89.1 cm³/mol. The van der Waals surface area contributed by atoms with E-state index in [2.05, 4.69) is 20.1 Å². The highest BCUT2D eigenvalue weighted by molar-refractivity contribution is 6.33. The Kier molecular flexibility index (Phi) is 3.65. The second-order valence-electron chi connectivity index (χ2n) is 5.80. The molecule has 0 bridgehead atoms. The summed E-state index contributed by atoms with van der Waals surface area (Å²) in [5.74, 6) is 1.79. The number of anilines is 1. The molecule has 0 fully saturated rings. The Labute approximate surface area is 143 Å². The Morgan fingerprint density at radius 3 is 3.12 bits per heavy atom. The van der Waals surface area contributed by atoms with Gasteiger partial charge in [0.25, 0.3) is 0 Å². The molecule has 1 aliphatic rings. The van der Waals surface area contributed by atoms with Gasteiger partial charge in [0.05, 0.1) is 35.4 Å². The molecule has 0 radical (unpaired) electrons. The highest BCUT2D eigenvalue weighted by atomic mass is 35.5. The van der Waals surface area contributed by atoms with Crippen molar-refractivity contribution in [1.82, 2.24) is 20.1 Å². The third-order valence-electron chi connectivity index (χ3n) is 4.34. The average molecular weight is 346 g/mol. The van der Waals surface area contributed by atoms with Crippen molar-refractivity contribution in [3.63, 3.8) is 0 Å². The molecular weight excluding hydrogens is 330 g/mol. The molecule has 0 saturated carbocycles. The summed E-state index contributed by atoms with van der Waals surface area (Å²) in [5.41, 5.74) is 9.18. The van der Waals surface area contributed by atoms with E-state index in [1.807, 2.05) is 0 Å². The van der Waals surface area contributed by atoms with Crippen LogP contribution in [0, 0.1) is 0 Å². The Bertz CT molecular complexity index is 888. The number of H-pyrrole nitrogens is 1. The number of hydrogen-bond acceptors (Lipinski definition) is 6. The highest BCUT2D eigenvalue weighted by Gasteiger charge is 2.27. The van der Waals surface area contributed by atoms with Gasteiger partial charge in [0.2, 0.25) is 11.7 Å². The maximum atomic E-state index is 6.11. The van der Waals surface area contributed by atoms with Crippen LogP contribution in [-0.4, -0.2) is 27.2 Å². The fraction of sp³-hybridized carbons (Fsp3) is 0.312. The van der Waals surface area contributed by atoms with Crippen LogP contribution in [0.15, 0.2) is 23.0 Å². The molecule has 1 atom stereocenters. The zero-order valence-electron chi connectivity index (χ0n) is 13.0. The molecule has 124 valence electrons. The number of nitrogens with zero attached hydrogens (tertiary/aromatic N) is 3. The van der Waals surface area contributed by atoms with Gasteiger partial charge in [-0.1, -0.05) is 16.8 Å². The Morgan fingerprint density at radius 2 is 2.29 bits per heavy atom. The van der Waals surface area contributed by atoms with Crippen molar-refractivity contribution < 1.29 is 9.26 Å². The molecule has 0 spiro atoms. The van der Waals surface area contributed by atoms with Crippen LogP contribution in [0.3, 0.4) is 0 Å². The van der Waals surface area contributed by atoms with Gasteiger partial charge in [0.1, 0.15) is 5.75 Å². The first-order valence-corrected chi connectivity index (χ1v) is 8.01. The van der Waals surface area contributed by atoms with Crippen molar-refractivity contribution in [2.24, 2.45) is 0 Å². The van der Waals surface area contributed by atoms with Gasteiger partial charge < -0.3 is 20.0 Å². The van der Waals surface area contributed by atoms with Gasteiger partial charge in [-0.05, 0) is 18.9 Å². The predicted octanol–water partition coefficient (Wildman–Crippen LogP) is 2.98. The van der Waals surface area contributed by atoms with E-state index in [0.717, 1.165) is 30.7 Å². The zero-order chi connectivity index (χ0) is 16.7. The molecule has 1 aromatic carbocycles. The molecule has 8 heteroatoms. The maximum absolute atomic E-state index is 6.11. The summed E-state index contributed by atoms with van der Waals surface area (Å²) < 4.78 is 10.8. The quantitative estimate of drug-likeness (QED) is 0.707. The van der Waals surface area contributed by atoms with Crippen LogP contribution in [0.25, 0.3) is 11.4 Å². The van der Waals surface area contributed by atoms with E-state index < -0.39 is 0 Å². The van der Waals surface area contributed by atoms with Crippen molar-refractivity contribution in [1.29, 1.82) is 0 Å². The molecule has 1 unspecified atom stereocenters. The minimum atomic E-state index is 0.175. The highest BCUT2D eigenvalue weighted by Crippen LogP contribution is 2.36. The van der Waals surface area contributed by atoms with E-state index in [1.165, 1.54) is 0 Å². The van der Waals surface area contributed by atoms with Gasteiger partial charge in [-0.15, -0.1) is 0 Å². The zero-order valence-corrected chi connectivity index (χ0v) is 13.8. The first-order chi connectivity index (χ1) is 11.7. The standard InChI is InChI=1S/C16H16ClN5O2/c1-23-14-6-11(18)10(17)5-9(14)15-21-16(24-22-15)8-2-3-12-13(4-8)20-7-19-12/h5-8H,2-4,18H2,1H3,(H,19,20). The average Bonchev–Trinajstić information content (AvgIpc) is 3.24. The maximum Gasteiger partial charge on any atom is 0.230 e. The van der Waals surface area contributed by atoms with Gasteiger partial charge in [-0.25, -0.2) is 4.98 Å². The van der Waals surface area contributed by atoms with Crippen LogP contribution in [0.4, 0.5) is 5.69 Å². The van der Waals surface area contributed by atoms with Crippen LogP contribution in [0.1, 0.15) is 29.6 Å². The van der Waals surface area contributed by atoms with Crippen LogP contribution in [0.2, 0.25) is 5.02 Å². The normalized spacial score (nSPS) is 16.8. The lowest BCUT2D eigenvalue weighted by atomic mass is 9.90. The SMILES string of the molecule is COc1cc(N)c(Cl)cc1-c1noc(C2CCc3nc[nH]c3C2)n1. The Balaban J connectivity index is 1.65. The summed E-state index contributed by atoms with van der Waals surface area (Å²) in [6, 6.07) is 3.35. The topological polar surface area (TPSA) is 103 Å². The van der Waals surface area contributed by atoms with Crippen molar-refractivity contribution in [2.45, 2.75) is 25.2 Å². The van der Waals surface area contributed by atoms with Crippen LogP contribution < -0.4 is 10.5 Å². The Morgan fingerprint density at radius 1 is 1.42 bits per heavy atom. The lowest BCUT2D eigenvalue weighted by Gasteiger charge is -2.17. The monoisotopic (exact) mass is 345 g/mol. The van der Waals surface area contributed by atoms with E-state index in [0.29, 0.717) is 33.7 Å². The molecule has 4 rings (SSSR count). The number of aromatic amines is 1. The number of rotatable bonds is 3. The lowest BCUT2D eigenvalue weighted by molar-refractivity contribution is 0.339. The summed E-state index contributed by atoms with van der Waals surface area (Å²) in [7, 11) is 1.56. The summed E-state index contributed by atoms with van der Waals surface area (Å²) in [6.07, 6.45) is 4.38. The smallest absolute Gasteiger partial charge is 0.230 e. The van der Waals surface area contributed by atoms with E-state index in [4.69, 9.17) is 26.6 Å². The van der Waals surface area contributed by atoms with Gasteiger partial charge in [-0.3, -0.25) is 0 Å². The lowest BCUT2D eigenvalue weighted by Crippen LogP contribution is -2.13. The second-order valence-corrected chi connectivity index (χ2v) is 6.20. The van der Waals surface area contributed by atoms with Gasteiger partial charge in [0.15, 0.2) is 0 Å². The van der Waals surface area contributed by atoms with E-state index in [-0.39, 0.29) is 5.92 Å². The van der Waals surface area contributed by atoms with Crippen LogP contribution >= 0.6 is 11.6 Å². The molecule has 7 nitrogen and oxygen atoms in total.